The number of H-pyrrole nitrogens is 1. The smallest absolute Gasteiger partial charge is 0.263 e. The van der Waals surface area contributed by atoms with Crippen LogP contribution in [0.25, 0.3) is 0 Å². The molecular weight excluding hydrogens is 182 g/mol. The van der Waals surface area contributed by atoms with Gasteiger partial charge in [0.15, 0.2) is 0 Å². The van der Waals surface area contributed by atoms with E-state index in [0.29, 0.717) is 11.4 Å². The van der Waals surface area contributed by atoms with Crippen LogP contribution >= 0.6 is 0 Å². The zero-order chi connectivity index (χ0) is 9.86. The lowest BCUT2D eigenvalue weighted by Crippen LogP contribution is -2.33. The van der Waals surface area contributed by atoms with E-state index in [1.54, 1.807) is 0 Å². The summed E-state index contributed by atoms with van der Waals surface area (Å²) in [5.41, 5.74) is 0.291. The molecule has 0 aromatic carbocycles. The first kappa shape index (κ1) is 9.39. The lowest BCUT2D eigenvalue weighted by Gasteiger charge is -2.33. The molecule has 0 amide bonds. The minimum atomic E-state index is 0.291. The van der Waals surface area contributed by atoms with Crippen molar-refractivity contribution in [2.45, 2.75) is 19.8 Å². The second-order valence-corrected chi connectivity index (χ2v) is 4.01. The third-order valence-electron chi connectivity index (χ3n) is 2.72. The predicted octanol–water partition coefficient (Wildman–Crippen LogP) is 0.428. The molecule has 0 spiro atoms. The average molecular weight is 197 g/mol. The van der Waals surface area contributed by atoms with Gasteiger partial charge < -0.3 is 10.1 Å². The largest absolute Gasteiger partial charge is 0.381 e. The molecule has 2 rings (SSSR count). The van der Waals surface area contributed by atoms with Gasteiger partial charge in [0.25, 0.3) is 5.95 Å². The summed E-state index contributed by atoms with van der Waals surface area (Å²) in [7, 11) is 0. The van der Waals surface area contributed by atoms with E-state index in [1.165, 1.54) is 0 Å². The monoisotopic (exact) mass is 197 g/mol. The quantitative estimate of drug-likeness (QED) is 0.734. The van der Waals surface area contributed by atoms with E-state index in [-0.39, 0.29) is 0 Å². The van der Waals surface area contributed by atoms with Crippen LogP contribution in [0.3, 0.4) is 0 Å². The highest BCUT2D eigenvalue weighted by Crippen LogP contribution is 2.29. The Balaban J connectivity index is 1.84. The fraction of sp³-hybridized carbons (Fsp3) is 0.875. The maximum absolute atomic E-state index is 5.32. The van der Waals surface area contributed by atoms with Crippen LogP contribution in [-0.2, 0) is 4.74 Å². The molecule has 2 N–H and O–H groups in total. The SMILES string of the molecule is CC1(CNc2nn[nH]n2)CCOCC1. The molecule has 0 bridgehead atoms. The molecule has 0 atom stereocenters. The van der Waals surface area contributed by atoms with E-state index in [9.17, 15) is 0 Å². The second kappa shape index (κ2) is 3.91. The van der Waals surface area contributed by atoms with Gasteiger partial charge in [0.1, 0.15) is 0 Å². The summed E-state index contributed by atoms with van der Waals surface area (Å²) < 4.78 is 5.32. The number of hydrogen-bond acceptors (Lipinski definition) is 5. The minimum absolute atomic E-state index is 0.291. The first-order valence-corrected chi connectivity index (χ1v) is 4.84. The van der Waals surface area contributed by atoms with Gasteiger partial charge in [-0.1, -0.05) is 12.0 Å². The summed E-state index contributed by atoms with van der Waals surface area (Å²) in [6.45, 7) is 4.83. The number of nitrogens with one attached hydrogen (secondary N) is 2. The van der Waals surface area contributed by atoms with Crippen molar-refractivity contribution in [1.29, 1.82) is 0 Å². The maximum Gasteiger partial charge on any atom is 0.263 e. The van der Waals surface area contributed by atoms with Crippen LogP contribution in [0.5, 0.6) is 0 Å². The van der Waals surface area contributed by atoms with Crippen molar-refractivity contribution in [2.24, 2.45) is 5.41 Å². The van der Waals surface area contributed by atoms with Crippen molar-refractivity contribution < 1.29 is 4.74 Å². The second-order valence-electron chi connectivity index (χ2n) is 4.01. The normalized spacial score (nSPS) is 20.6. The number of tetrazole rings is 1. The molecule has 6 nitrogen and oxygen atoms in total. The van der Waals surface area contributed by atoms with Crippen molar-refractivity contribution in [2.75, 3.05) is 25.1 Å². The zero-order valence-electron chi connectivity index (χ0n) is 8.29. The Morgan fingerprint density at radius 1 is 1.50 bits per heavy atom. The van der Waals surface area contributed by atoms with E-state index < -0.39 is 0 Å². The van der Waals surface area contributed by atoms with Crippen LogP contribution < -0.4 is 5.32 Å². The van der Waals surface area contributed by atoms with Gasteiger partial charge in [-0.15, -0.1) is 5.10 Å². The van der Waals surface area contributed by atoms with Crippen LogP contribution in [0.15, 0.2) is 0 Å². The highest BCUT2D eigenvalue weighted by atomic mass is 16.5. The molecule has 6 heteroatoms. The van der Waals surface area contributed by atoms with E-state index in [0.717, 1.165) is 32.6 Å². The number of aromatic amines is 1. The van der Waals surface area contributed by atoms with Gasteiger partial charge in [-0.2, -0.15) is 5.21 Å². The van der Waals surface area contributed by atoms with Crippen LogP contribution in [0, 0.1) is 5.41 Å². The zero-order valence-corrected chi connectivity index (χ0v) is 8.29. The summed E-state index contributed by atoms with van der Waals surface area (Å²) >= 11 is 0. The minimum Gasteiger partial charge on any atom is -0.381 e. The van der Waals surface area contributed by atoms with Crippen LogP contribution in [0.1, 0.15) is 19.8 Å². The Morgan fingerprint density at radius 3 is 2.93 bits per heavy atom. The predicted molar refractivity (Wildman–Crippen MR) is 50.8 cm³/mol. The topological polar surface area (TPSA) is 75.7 Å². The van der Waals surface area contributed by atoms with E-state index in [1.807, 2.05) is 0 Å². The molecule has 1 aliphatic rings. The van der Waals surface area contributed by atoms with Crippen molar-refractivity contribution in [3.8, 4) is 0 Å². The van der Waals surface area contributed by atoms with Crippen molar-refractivity contribution in [3.05, 3.63) is 0 Å². The van der Waals surface area contributed by atoms with E-state index in [4.69, 9.17) is 4.74 Å². The van der Waals surface area contributed by atoms with Crippen molar-refractivity contribution >= 4 is 5.95 Å². The molecule has 78 valence electrons. The molecule has 1 aromatic heterocycles. The van der Waals surface area contributed by atoms with Gasteiger partial charge in [0.05, 0.1) is 0 Å². The third kappa shape index (κ3) is 2.20. The number of rotatable bonds is 3. The fourth-order valence-corrected chi connectivity index (χ4v) is 1.57. The first-order valence-electron chi connectivity index (χ1n) is 4.84. The molecule has 14 heavy (non-hydrogen) atoms. The summed E-state index contributed by atoms with van der Waals surface area (Å²) in [6.07, 6.45) is 2.16. The Kier molecular flexibility index (Phi) is 2.62. The molecule has 1 fully saturated rings. The molecule has 0 saturated carbocycles. The number of anilines is 1. The average Bonchev–Trinajstić information content (AvgIpc) is 2.69. The molecule has 0 aliphatic carbocycles. The first-order chi connectivity index (χ1) is 6.79. The Morgan fingerprint density at radius 2 is 2.29 bits per heavy atom. The van der Waals surface area contributed by atoms with Gasteiger partial charge in [-0.25, -0.2) is 0 Å². The fourth-order valence-electron chi connectivity index (χ4n) is 1.57. The highest BCUT2D eigenvalue weighted by molar-refractivity contribution is 5.19. The van der Waals surface area contributed by atoms with Gasteiger partial charge in [0, 0.05) is 19.8 Å². The lowest BCUT2D eigenvalue weighted by atomic mass is 9.82. The number of nitrogens with zero attached hydrogens (tertiary/aromatic N) is 3. The summed E-state index contributed by atoms with van der Waals surface area (Å²) in [5, 5.41) is 16.7. The molecule has 1 aromatic rings. The Bertz CT molecular complexity index is 267. The Hall–Kier alpha value is -1.17. The lowest BCUT2D eigenvalue weighted by molar-refractivity contribution is 0.0299. The summed E-state index contributed by atoms with van der Waals surface area (Å²) in [6, 6.07) is 0. The molecular formula is C8H15N5O. The Labute approximate surface area is 82.4 Å². The van der Waals surface area contributed by atoms with Gasteiger partial charge in [-0.3, -0.25) is 0 Å². The highest BCUT2D eigenvalue weighted by Gasteiger charge is 2.27. The number of hydrogen-bond donors (Lipinski definition) is 2. The van der Waals surface area contributed by atoms with Crippen molar-refractivity contribution in [3.63, 3.8) is 0 Å². The van der Waals surface area contributed by atoms with Gasteiger partial charge >= 0.3 is 0 Å². The molecule has 1 saturated heterocycles. The number of aromatic nitrogens is 4. The third-order valence-corrected chi connectivity index (χ3v) is 2.72. The molecule has 0 unspecified atom stereocenters. The molecule has 2 heterocycles. The summed E-state index contributed by atoms with van der Waals surface area (Å²) in [5.74, 6) is 0.567. The van der Waals surface area contributed by atoms with Crippen LogP contribution in [-0.4, -0.2) is 40.4 Å². The number of ether oxygens (including phenoxy) is 1. The standard InChI is InChI=1S/C8H15N5O/c1-8(2-4-14-5-3-8)6-9-7-10-12-13-11-7/h2-6H2,1H3,(H2,9,10,11,12,13). The van der Waals surface area contributed by atoms with E-state index >= 15 is 0 Å². The van der Waals surface area contributed by atoms with E-state index in [2.05, 4.69) is 32.9 Å². The molecule has 0 radical (unpaired) electrons. The maximum atomic E-state index is 5.32. The summed E-state index contributed by atoms with van der Waals surface area (Å²) in [4.78, 5) is 0. The van der Waals surface area contributed by atoms with Gasteiger partial charge in [-0.05, 0) is 23.5 Å². The molecule has 1 aliphatic heterocycles. The van der Waals surface area contributed by atoms with Crippen LogP contribution in [0.4, 0.5) is 5.95 Å². The van der Waals surface area contributed by atoms with Crippen molar-refractivity contribution in [1.82, 2.24) is 20.6 Å². The van der Waals surface area contributed by atoms with Gasteiger partial charge in [0.2, 0.25) is 0 Å². The van der Waals surface area contributed by atoms with Crippen LogP contribution in [0.2, 0.25) is 0 Å².